The van der Waals surface area contributed by atoms with Gasteiger partial charge in [0.2, 0.25) is 5.95 Å². The molecule has 2 fully saturated rings. The first-order valence-electron chi connectivity index (χ1n) is 14.0. The maximum absolute atomic E-state index is 12.5. The number of carbonyl (C=O) groups is 1. The lowest BCUT2D eigenvalue weighted by molar-refractivity contribution is 0.0240. The normalized spacial score (nSPS) is 16.7. The number of piperazine rings is 1. The quantitative estimate of drug-likeness (QED) is 0.397. The van der Waals surface area contributed by atoms with Crippen LogP contribution in [-0.4, -0.2) is 66.9 Å². The van der Waals surface area contributed by atoms with Crippen molar-refractivity contribution < 1.29 is 9.53 Å². The zero-order valence-electron chi connectivity index (χ0n) is 23.6. The van der Waals surface area contributed by atoms with Crippen molar-refractivity contribution in [1.29, 1.82) is 0 Å². The minimum Gasteiger partial charge on any atom is -0.444 e. The van der Waals surface area contributed by atoms with E-state index in [1.807, 2.05) is 58.4 Å². The number of nitrogens with one attached hydrogen (secondary N) is 1. The van der Waals surface area contributed by atoms with Crippen molar-refractivity contribution in [1.82, 2.24) is 29.0 Å². The fourth-order valence-electron chi connectivity index (χ4n) is 5.78. The second-order valence-corrected chi connectivity index (χ2v) is 11.7. The van der Waals surface area contributed by atoms with E-state index in [1.165, 1.54) is 12.8 Å². The summed E-state index contributed by atoms with van der Waals surface area (Å²) in [6, 6.07) is 7.73. The largest absolute Gasteiger partial charge is 0.444 e. The first-order valence-corrected chi connectivity index (χ1v) is 14.0. The van der Waals surface area contributed by atoms with Crippen LogP contribution in [0.3, 0.4) is 0 Å². The number of aryl methyl sites for hydroxylation is 1. The van der Waals surface area contributed by atoms with Crippen molar-refractivity contribution in [2.24, 2.45) is 7.05 Å². The first kappa shape index (κ1) is 26.1. The van der Waals surface area contributed by atoms with Crippen LogP contribution in [-0.2, 0) is 11.8 Å². The molecule has 5 heterocycles. The highest BCUT2D eigenvalue weighted by Gasteiger charge is 2.27. The third-order valence-corrected chi connectivity index (χ3v) is 7.77. The van der Waals surface area contributed by atoms with Crippen LogP contribution >= 0.6 is 0 Å². The van der Waals surface area contributed by atoms with Crippen LogP contribution in [0, 0.1) is 0 Å². The summed E-state index contributed by atoms with van der Waals surface area (Å²) < 4.78 is 9.45. The molecule has 1 aliphatic heterocycles. The molecule has 1 saturated carbocycles. The Morgan fingerprint density at radius 3 is 2.40 bits per heavy atom. The summed E-state index contributed by atoms with van der Waals surface area (Å²) in [5, 5.41) is 5.19. The smallest absolute Gasteiger partial charge is 0.410 e. The molecule has 1 amide bonds. The van der Waals surface area contributed by atoms with Crippen molar-refractivity contribution in [3.63, 3.8) is 0 Å². The Labute approximate surface area is 232 Å². The van der Waals surface area contributed by atoms with Crippen LogP contribution in [0.15, 0.2) is 41.5 Å². The predicted octanol–water partition coefficient (Wildman–Crippen LogP) is 4.59. The minimum atomic E-state index is -0.499. The van der Waals surface area contributed by atoms with Gasteiger partial charge in [-0.3, -0.25) is 9.36 Å². The molecule has 6 rings (SSSR count). The average molecular weight is 545 g/mol. The maximum atomic E-state index is 12.5. The Kier molecular flexibility index (Phi) is 6.59. The molecule has 40 heavy (non-hydrogen) atoms. The SMILES string of the molecule is Cn1c(=O)ccc2c3cnc(Nc4ccc(N5CCN(C(=O)OC(C)(C)C)CC5)cn4)nc3n(C3CCCC3)c21. The molecule has 1 saturated heterocycles. The molecule has 0 unspecified atom stereocenters. The van der Waals surface area contributed by atoms with Crippen LogP contribution in [0.25, 0.3) is 22.1 Å². The highest BCUT2D eigenvalue weighted by molar-refractivity contribution is 6.05. The highest BCUT2D eigenvalue weighted by Crippen LogP contribution is 2.37. The minimum absolute atomic E-state index is 0.0311. The van der Waals surface area contributed by atoms with Crippen molar-refractivity contribution >= 4 is 45.6 Å². The number of hydrogen-bond donors (Lipinski definition) is 1. The molecular weight excluding hydrogens is 508 g/mol. The molecule has 1 aliphatic carbocycles. The van der Waals surface area contributed by atoms with E-state index in [-0.39, 0.29) is 11.7 Å². The van der Waals surface area contributed by atoms with Crippen LogP contribution in [0.5, 0.6) is 0 Å². The number of hydrogen-bond acceptors (Lipinski definition) is 8. The van der Waals surface area contributed by atoms with Gasteiger partial charge in [-0.1, -0.05) is 12.8 Å². The van der Waals surface area contributed by atoms with E-state index in [0.29, 0.717) is 44.0 Å². The van der Waals surface area contributed by atoms with Crippen LogP contribution in [0.2, 0.25) is 0 Å². The second kappa shape index (κ2) is 10.1. The van der Waals surface area contributed by atoms with Gasteiger partial charge in [0.1, 0.15) is 22.7 Å². The molecule has 0 radical (unpaired) electrons. The van der Waals surface area contributed by atoms with Gasteiger partial charge in [0, 0.05) is 62.3 Å². The average Bonchev–Trinajstić information content (AvgIpc) is 3.56. The van der Waals surface area contributed by atoms with Gasteiger partial charge < -0.3 is 24.4 Å². The van der Waals surface area contributed by atoms with E-state index in [4.69, 9.17) is 9.72 Å². The van der Waals surface area contributed by atoms with Gasteiger partial charge in [-0.2, -0.15) is 4.98 Å². The molecule has 2 aliphatic rings. The first-order chi connectivity index (χ1) is 19.2. The van der Waals surface area contributed by atoms with Crippen molar-refractivity contribution in [3.8, 4) is 0 Å². The third kappa shape index (κ3) is 4.96. The number of nitrogens with zero attached hydrogens (tertiary/aromatic N) is 7. The van der Waals surface area contributed by atoms with Gasteiger partial charge in [-0.25, -0.2) is 14.8 Å². The summed E-state index contributed by atoms with van der Waals surface area (Å²) in [4.78, 5) is 42.9. The topological polar surface area (TPSA) is 110 Å². The maximum Gasteiger partial charge on any atom is 0.410 e. The molecule has 4 aromatic heterocycles. The molecule has 4 aromatic rings. The van der Waals surface area contributed by atoms with Gasteiger partial charge in [-0.15, -0.1) is 0 Å². The zero-order valence-corrected chi connectivity index (χ0v) is 23.6. The standard InChI is InChI=1S/C29H36N8O3/c1-29(2,3)40-28(39)36-15-13-35(14-16-36)20-9-11-23(30-17-20)32-27-31-18-22-21-10-12-24(38)34(4)26(21)37(25(22)33-27)19-7-5-6-8-19/h9-12,17-19H,5-8,13-16H2,1-4H3,(H,30,31,32,33). The van der Waals surface area contributed by atoms with Crippen LogP contribution < -0.4 is 15.8 Å². The molecule has 1 N–H and O–H groups in total. The van der Waals surface area contributed by atoms with Crippen LogP contribution in [0.4, 0.5) is 22.2 Å². The monoisotopic (exact) mass is 544 g/mol. The van der Waals surface area contributed by atoms with Gasteiger partial charge in [-0.05, 0) is 51.8 Å². The fourth-order valence-corrected chi connectivity index (χ4v) is 5.78. The van der Waals surface area contributed by atoms with E-state index < -0.39 is 5.60 Å². The number of fused-ring (bicyclic) bond motifs is 3. The van der Waals surface area contributed by atoms with Crippen molar-refractivity contribution in [2.45, 2.75) is 58.1 Å². The summed E-state index contributed by atoms with van der Waals surface area (Å²) in [5.74, 6) is 1.11. The summed E-state index contributed by atoms with van der Waals surface area (Å²) in [5.41, 5.74) is 2.19. The number of amides is 1. The van der Waals surface area contributed by atoms with Gasteiger partial charge in [0.25, 0.3) is 5.56 Å². The lowest BCUT2D eigenvalue weighted by atomic mass is 10.2. The van der Waals surface area contributed by atoms with Gasteiger partial charge in [0.05, 0.1) is 11.9 Å². The number of ether oxygens (including phenoxy) is 1. The molecule has 0 atom stereocenters. The van der Waals surface area contributed by atoms with Crippen molar-refractivity contribution in [3.05, 3.63) is 47.0 Å². The van der Waals surface area contributed by atoms with E-state index in [9.17, 15) is 9.59 Å². The summed E-state index contributed by atoms with van der Waals surface area (Å²) in [6.07, 6.45) is 7.89. The lowest BCUT2D eigenvalue weighted by Crippen LogP contribution is -2.50. The summed E-state index contributed by atoms with van der Waals surface area (Å²) in [7, 11) is 1.82. The molecule has 0 aromatic carbocycles. The second-order valence-electron chi connectivity index (χ2n) is 11.7. The Morgan fingerprint density at radius 1 is 0.975 bits per heavy atom. The molecular formula is C29H36N8O3. The highest BCUT2D eigenvalue weighted by atomic mass is 16.6. The molecule has 210 valence electrons. The van der Waals surface area contributed by atoms with E-state index in [2.05, 4.69) is 24.8 Å². The predicted molar refractivity (Wildman–Crippen MR) is 155 cm³/mol. The molecule has 0 spiro atoms. The van der Waals surface area contributed by atoms with E-state index >= 15 is 0 Å². The molecule has 0 bridgehead atoms. The number of anilines is 3. The third-order valence-electron chi connectivity index (χ3n) is 7.77. The number of carbonyl (C=O) groups excluding carboxylic acids is 1. The molecule has 11 nitrogen and oxygen atoms in total. The summed E-state index contributed by atoms with van der Waals surface area (Å²) in [6.45, 7) is 8.26. The number of aromatic nitrogens is 5. The van der Waals surface area contributed by atoms with Gasteiger partial charge in [0.15, 0.2) is 0 Å². The Morgan fingerprint density at radius 2 is 1.73 bits per heavy atom. The van der Waals surface area contributed by atoms with Crippen molar-refractivity contribution in [2.75, 3.05) is 36.4 Å². The fraction of sp³-hybridized carbons (Fsp3) is 0.483. The summed E-state index contributed by atoms with van der Waals surface area (Å²) >= 11 is 0. The van der Waals surface area contributed by atoms with E-state index in [1.54, 1.807) is 15.5 Å². The van der Waals surface area contributed by atoms with Crippen LogP contribution in [0.1, 0.15) is 52.5 Å². The Balaban J connectivity index is 1.20. The van der Waals surface area contributed by atoms with Gasteiger partial charge >= 0.3 is 6.09 Å². The molecule has 11 heteroatoms. The van der Waals surface area contributed by atoms with E-state index in [0.717, 1.165) is 40.6 Å². The Bertz CT molecular complexity index is 1610. The zero-order chi connectivity index (χ0) is 28.0. The lowest BCUT2D eigenvalue weighted by Gasteiger charge is -2.36. The Hall–Kier alpha value is -4.15. The number of rotatable bonds is 4. The number of pyridine rings is 2.